The van der Waals surface area contributed by atoms with Crippen molar-refractivity contribution in [1.29, 1.82) is 0 Å². The van der Waals surface area contributed by atoms with Gasteiger partial charge >= 0.3 is 11.8 Å². The van der Waals surface area contributed by atoms with Crippen LogP contribution in [0.5, 0.6) is 0 Å². The van der Waals surface area contributed by atoms with Crippen molar-refractivity contribution in [2.24, 2.45) is 5.11 Å². The van der Waals surface area contributed by atoms with Gasteiger partial charge in [0.1, 0.15) is 0 Å². The molecule has 0 amide bonds. The van der Waals surface area contributed by atoms with Crippen LogP contribution in [-0.4, -0.2) is 42.9 Å². The smallest absolute Gasteiger partial charge is 0.291 e. The van der Waals surface area contributed by atoms with Gasteiger partial charge in [-0.1, -0.05) is 5.11 Å². The Hall–Kier alpha value is -1.01. The maximum Gasteiger partial charge on any atom is 0.323 e. The first-order valence-electron chi connectivity index (χ1n) is 3.88. The highest BCUT2D eigenvalue weighted by Crippen LogP contribution is 2.40. The molecular formula is C6H8F4N4. The second-order valence-electron chi connectivity index (χ2n) is 3.07. The lowest BCUT2D eigenvalue weighted by atomic mass is 10.2. The molecule has 0 bridgehead atoms. The summed E-state index contributed by atoms with van der Waals surface area (Å²) in [7, 11) is 0. The highest BCUT2D eigenvalue weighted by molar-refractivity contribution is 4.97. The summed E-state index contributed by atoms with van der Waals surface area (Å²) in [6.07, 6.45) is 0. The fourth-order valence-corrected chi connectivity index (χ4v) is 1.24. The van der Waals surface area contributed by atoms with E-state index in [0.717, 1.165) is 4.90 Å². The van der Waals surface area contributed by atoms with E-state index in [0.29, 0.717) is 0 Å². The van der Waals surface area contributed by atoms with Crippen LogP contribution < -0.4 is 0 Å². The summed E-state index contributed by atoms with van der Waals surface area (Å²) < 4.78 is 50.3. The van der Waals surface area contributed by atoms with Crippen molar-refractivity contribution in [1.82, 2.24) is 4.90 Å². The molecule has 14 heavy (non-hydrogen) atoms. The minimum Gasteiger partial charge on any atom is -0.291 e. The summed E-state index contributed by atoms with van der Waals surface area (Å²) >= 11 is 0. The van der Waals surface area contributed by atoms with Crippen LogP contribution in [-0.2, 0) is 0 Å². The summed E-state index contributed by atoms with van der Waals surface area (Å²) in [5, 5.41) is 3.08. The molecule has 0 spiro atoms. The summed E-state index contributed by atoms with van der Waals surface area (Å²) in [5.41, 5.74) is 7.89. The van der Waals surface area contributed by atoms with Gasteiger partial charge in [0.2, 0.25) is 0 Å². The Labute approximate surface area is 77.1 Å². The Kier molecular flexibility index (Phi) is 2.86. The Bertz CT molecular complexity index is 245. The van der Waals surface area contributed by atoms with Crippen LogP contribution in [0.4, 0.5) is 17.6 Å². The van der Waals surface area contributed by atoms with Gasteiger partial charge in [0.05, 0.1) is 13.1 Å². The Morgan fingerprint density at radius 1 is 1.21 bits per heavy atom. The fraction of sp³-hybridized carbons (Fsp3) is 1.00. The van der Waals surface area contributed by atoms with E-state index in [1.54, 1.807) is 0 Å². The van der Waals surface area contributed by atoms with E-state index in [9.17, 15) is 17.6 Å². The van der Waals surface area contributed by atoms with Gasteiger partial charge in [-0.25, -0.2) is 0 Å². The quantitative estimate of drug-likeness (QED) is 0.305. The van der Waals surface area contributed by atoms with Crippen LogP contribution >= 0.6 is 0 Å². The molecular weight excluding hydrogens is 204 g/mol. The van der Waals surface area contributed by atoms with E-state index in [1.165, 1.54) is 0 Å². The molecule has 0 aromatic carbocycles. The number of hydrogen-bond acceptors (Lipinski definition) is 2. The van der Waals surface area contributed by atoms with Gasteiger partial charge in [-0.3, -0.25) is 4.90 Å². The van der Waals surface area contributed by atoms with Crippen LogP contribution in [0.2, 0.25) is 0 Å². The number of halogens is 4. The zero-order valence-corrected chi connectivity index (χ0v) is 7.13. The summed E-state index contributed by atoms with van der Waals surface area (Å²) in [6.45, 7) is -2.13. The lowest BCUT2D eigenvalue weighted by Crippen LogP contribution is -2.38. The van der Waals surface area contributed by atoms with Gasteiger partial charge in [0, 0.05) is 18.0 Å². The van der Waals surface area contributed by atoms with Crippen molar-refractivity contribution in [2.75, 3.05) is 26.2 Å². The zero-order valence-electron chi connectivity index (χ0n) is 7.13. The van der Waals surface area contributed by atoms with Gasteiger partial charge in [0.15, 0.2) is 0 Å². The first-order chi connectivity index (χ1) is 6.39. The molecule has 8 heteroatoms. The third kappa shape index (κ3) is 2.08. The maximum atomic E-state index is 12.6. The van der Waals surface area contributed by atoms with E-state index < -0.39 is 24.9 Å². The second-order valence-corrected chi connectivity index (χ2v) is 3.07. The number of azide groups is 1. The third-order valence-corrected chi connectivity index (χ3v) is 1.96. The van der Waals surface area contributed by atoms with Crippen molar-refractivity contribution in [3.8, 4) is 0 Å². The van der Waals surface area contributed by atoms with Crippen molar-refractivity contribution < 1.29 is 17.6 Å². The predicted octanol–water partition coefficient (Wildman–Crippen LogP) is 1.88. The molecule has 0 atom stereocenters. The molecule has 0 unspecified atom stereocenters. The molecule has 80 valence electrons. The van der Waals surface area contributed by atoms with Gasteiger partial charge in [-0.05, 0) is 5.53 Å². The van der Waals surface area contributed by atoms with Gasteiger partial charge in [-0.15, -0.1) is 0 Å². The molecule has 1 fully saturated rings. The summed E-state index contributed by atoms with van der Waals surface area (Å²) in [6, 6.07) is 0. The SMILES string of the molecule is [N-]=[N+]=NCCN1CC(F)(F)C(F)(F)C1. The van der Waals surface area contributed by atoms with E-state index in [-0.39, 0.29) is 13.1 Å². The van der Waals surface area contributed by atoms with Crippen molar-refractivity contribution in [3.05, 3.63) is 10.4 Å². The Morgan fingerprint density at radius 3 is 2.14 bits per heavy atom. The maximum absolute atomic E-state index is 12.6. The van der Waals surface area contributed by atoms with Crippen LogP contribution in [0.25, 0.3) is 10.4 Å². The van der Waals surface area contributed by atoms with Crippen LogP contribution in [0.1, 0.15) is 0 Å². The van der Waals surface area contributed by atoms with Gasteiger partial charge in [0.25, 0.3) is 0 Å². The van der Waals surface area contributed by atoms with Crippen molar-refractivity contribution in [3.63, 3.8) is 0 Å². The molecule has 1 rings (SSSR count). The molecule has 0 aromatic rings. The topological polar surface area (TPSA) is 52.0 Å². The number of rotatable bonds is 3. The molecule has 1 aliphatic heterocycles. The van der Waals surface area contributed by atoms with Crippen LogP contribution in [0.3, 0.4) is 0 Å². The van der Waals surface area contributed by atoms with E-state index in [2.05, 4.69) is 10.0 Å². The number of hydrogen-bond donors (Lipinski definition) is 0. The van der Waals surface area contributed by atoms with Crippen molar-refractivity contribution in [2.45, 2.75) is 11.8 Å². The molecule has 0 aromatic heterocycles. The largest absolute Gasteiger partial charge is 0.323 e. The number of alkyl halides is 4. The van der Waals surface area contributed by atoms with E-state index in [1.807, 2.05) is 0 Å². The molecule has 4 nitrogen and oxygen atoms in total. The molecule has 1 saturated heterocycles. The third-order valence-electron chi connectivity index (χ3n) is 1.96. The minimum atomic E-state index is -3.98. The Balaban J connectivity index is 2.51. The van der Waals surface area contributed by atoms with Crippen LogP contribution in [0, 0.1) is 0 Å². The summed E-state index contributed by atoms with van der Waals surface area (Å²) in [4.78, 5) is 3.28. The average molecular weight is 212 g/mol. The highest BCUT2D eigenvalue weighted by Gasteiger charge is 2.62. The molecule has 0 aliphatic carbocycles. The molecule has 1 aliphatic rings. The zero-order chi connectivity index (χ0) is 10.8. The second kappa shape index (κ2) is 3.62. The first-order valence-corrected chi connectivity index (χ1v) is 3.88. The first kappa shape index (κ1) is 11.1. The van der Waals surface area contributed by atoms with E-state index >= 15 is 0 Å². The molecule has 1 heterocycles. The lowest BCUT2D eigenvalue weighted by Gasteiger charge is -2.15. The normalized spacial score (nSPS) is 24.6. The van der Waals surface area contributed by atoms with Gasteiger partial charge in [-0.2, -0.15) is 17.6 Å². The molecule has 0 radical (unpaired) electrons. The monoisotopic (exact) mass is 212 g/mol. The van der Waals surface area contributed by atoms with Gasteiger partial charge < -0.3 is 0 Å². The minimum absolute atomic E-state index is 0.0742. The molecule has 0 saturated carbocycles. The van der Waals surface area contributed by atoms with Crippen LogP contribution in [0.15, 0.2) is 5.11 Å². The predicted molar refractivity (Wildman–Crippen MR) is 40.3 cm³/mol. The molecule has 0 N–H and O–H groups in total. The summed E-state index contributed by atoms with van der Waals surface area (Å²) in [5.74, 6) is -7.97. The number of nitrogens with zero attached hydrogens (tertiary/aromatic N) is 4. The van der Waals surface area contributed by atoms with Crippen molar-refractivity contribution >= 4 is 0 Å². The fourth-order valence-electron chi connectivity index (χ4n) is 1.24. The average Bonchev–Trinajstić information content (AvgIpc) is 2.21. The standard InChI is InChI=1S/C6H8F4N4/c7-5(8)3-14(2-1-12-13-11)4-6(5,9)10/h1-4H2. The lowest BCUT2D eigenvalue weighted by molar-refractivity contribution is -0.172. The van der Waals surface area contributed by atoms with E-state index in [4.69, 9.17) is 5.53 Å². The highest BCUT2D eigenvalue weighted by atomic mass is 19.3. The number of likely N-dealkylation sites (tertiary alicyclic amines) is 1. The Morgan fingerprint density at radius 2 is 1.71 bits per heavy atom.